The predicted molar refractivity (Wildman–Crippen MR) is 111 cm³/mol. The van der Waals surface area contributed by atoms with E-state index in [4.69, 9.17) is 9.72 Å². The lowest BCUT2D eigenvalue weighted by Crippen LogP contribution is -2.51. The van der Waals surface area contributed by atoms with Crippen molar-refractivity contribution >= 4 is 11.6 Å². The molecule has 6 rings (SSSR count). The molecule has 2 aliphatic heterocycles. The van der Waals surface area contributed by atoms with Gasteiger partial charge in [-0.15, -0.1) is 0 Å². The van der Waals surface area contributed by atoms with E-state index in [0.29, 0.717) is 5.56 Å². The monoisotopic (exact) mass is 405 g/mol. The van der Waals surface area contributed by atoms with Crippen LogP contribution in [0.5, 0.6) is 5.75 Å². The number of carbonyl (C=O) groups excluding carboxylic acids is 1. The summed E-state index contributed by atoms with van der Waals surface area (Å²) in [5, 5.41) is 0. The standard InChI is InChI=1S/C24H24FN3O2/c1-14-15(2)28-13-19(23(29)27-11-17(25)12-27)18-8-10-24(30-21(18)22(28)26-14)9-7-16-5-3-4-6-20(16)24/h3-6,13,17H,7-12H2,1-2H3. The fourth-order valence-electron chi connectivity index (χ4n) is 5.30. The Morgan fingerprint density at radius 3 is 2.77 bits per heavy atom. The second kappa shape index (κ2) is 6.06. The Labute approximate surface area is 174 Å². The van der Waals surface area contributed by atoms with Gasteiger partial charge in [-0.2, -0.15) is 0 Å². The summed E-state index contributed by atoms with van der Waals surface area (Å²) in [6.07, 6.45) is 4.47. The maximum atomic E-state index is 13.4. The summed E-state index contributed by atoms with van der Waals surface area (Å²) < 4.78 is 22.2. The van der Waals surface area contributed by atoms with Crippen molar-refractivity contribution in [1.29, 1.82) is 0 Å². The maximum Gasteiger partial charge on any atom is 0.255 e. The molecule has 1 atom stereocenters. The van der Waals surface area contributed by atoms with Gasteiger partial charge in [0.15, 0.2) is 11.4 Å². The maximum absolute atomic E-state index is 13.4. The largest absolute Gasteiger partial charge is 0.478 e. The van der Waals surface area contributed by atoms with Crippen LogP contribution >= 0.6 is 0 Å². The fraction of sp³-hybridized carbons (Fsp3) is 0.417. The number of carbonyl (C=O) groups is 1. The minimum atomic E-state index is -0.916. The third-order valence-corrected chi connectivity index (χ3v) is 7.18. The predicted octanol–water partition coefficient (Wildman–Crippen LogP) is 3.91. The highest BCUT2D eigenvalue weighted by Gasteiger charge is 2.45. The number of benzene rings is 1. The number of aromatic nitrogens is 2. The number of ether oxygens (including phenoxy) is 1. The average molecular weight is 405 g/mol. The molecule has 154 valence electrons. The number of amides is 1. The Bertz CT molecular complexity index is 1210. The molecule has 0 saturated carbocycles. The van der Waals surface area contributed by atoms with Gasteiger partial charge in [-0.05, 0) is 50.7 Å². The van der Waals surface area contributed by atoms with Crippen LogP contribution in [-0.2, 0) is 18.4 Å². The van der Waals surface area contributed by atoms with Gasteiger partial charge < -0.3 is 14.0 Å². The summed E-state index contributed by atoms with van der Waals surface area (Å²) in [6, 6.07) is 8.50. The lowest BCUT2D eigenvalue weighted by molar-refractivity contribution is 0.0367. The number of fused-ring (bicyclic) bond motifs is 5. The van der Waals surface area contributed by atoms with Gasteiger partial charge in [0.25, 0.3) is 5.91 Å². The number of imidazole rings is 1. The molecule has 6 heteroatoms. The van der Waals surface area contributed by atoms with Crippen molar-refractivity contribution in [2.75, 3.05) is 13.1 Å². The van der Waals surface area contributed by atoms with Gasteiger partial charge in [-0.1, -0.05) is 24.3 Å². The average Bonchev–Trinajstić information content (AvgIpc) is 3.23. The summed E-state index contributed by atoms with van der Waals surface area (Å²) in [4.78, 5) is 19.6. The zero-order valence-corrected chi connectivity index (χ0v) is 17.2. The Morgan fingerprint density at radius 2 is 1.97 bits per heavy atom. The molecule has 0 radical (unpaired) electrons. The number of pyridine rings is 1. The van der Waals surface area contributed by atoms with E-state index in [1.807, 2.05) is 24.4 Å². The Kier molecular flexibility index (Phi) is 3.62. The summed E-state index contributed by atoms with van der Waals surface area (Å²) in [6.45, 7) is 4.32. The molecule has 4 heterocycles. The molecule has 0 N–H and O–H groups in total. The molecular weight excluding hydrogens is 381 g/mol. The van der Waals surface area contributed by atoms with Crippen molar-refractivity contribution in [3.8, 4) is 5.75 Å². The topological polar surface area (TPSA) is 46.8 Å². The lowest BCUT2D eigenvalue weighted by atomic mass is 9.85. The number of hydrogen-bond donors (Lipinski definition) is 0. The second-order valence-corrected chi connectivity index (χ2v) is 8.89. The molecule has 1 spiro atoms. The van der Waals surface area contributed by atoms with Crippen LogP contribution in [0.15, 0.2) is 30.5 Å². The molecule has 1 saturated heterocycles. The van der Waals surface area contributed by atoms with E-state index in [1.54, 1.807) is 4.90 Å². The van der Waals surface area contributed by atoms with Crippen LogP contribution < -0.4 is 4.74 Å². The summed E-state index contributed by atoms with van der Waals surface area (Å²) in [5.41, 5.74) is 6.45. The van der Waals surface area contributed by atoms with Crippen molar-refractivity contribution in [2.45, 2.75) is 51.3 Å². The van der Waals surface area contributed by atoms with Gasteiger partial charge in [0, 0.05) is 17.5 Å². The summed E-state index contributed by atoms with van der Waals surface area (Å²) in [5.74, 6) is 0.608. The summed E-state index contributed by atoms with van der Waals surface area (Å²) in [7, 11) is 0. The highest BCUT2D eigenvalue weighted by atomic mass is 19.1. The molecule has 1 aliphatic carbocycles. The van der Waals surface area contributed by atoms with Crippen LogP contribution in [0.2, 0.25) is 0 Å². The van der Waals surface area contributed by atoms with Crippen LogP contribution in [0.4, 0.5) is 4.39 Å². The zero-order valence-electron chi connectivity index (χ0n) is 17.2. The van der Waals surface area contributed by atoms with E-state index >= 15 is 0 Å². The first-order valence-electron chi connectivity index (χ1n) is 10.7. The number of nitrogens with zero attached hydrogens (tertiary/aromatic N) is 3. The number of hydrogen-bond acceptors (Lipinski definition) is 3. The van der Waals surface area contributed by atoms with Crippen molar-refractivity contribution in [1.82, 2.24) is 14.3 Å². The molecule has 3 aromatic rings. The van der Waals surface area contributed by atoms with Gasteiger partial charge in [-0.3, -0.25) is 4.79 Å². The van der Waals surface area contributed by atoms with Crippen molar-refractivity contribution < 1.29 is 13.9 Å². The van der Waals surface area contributed by atoms with E-state index in [-0.39, 0.29) is 24.6 Å². The number of alkyl halides is 1. The van der Waals surface area contributed by atoms with E-state index < -0.39 is 6.17 Å². The smallest absolute Gasteiger partial charge is 0.255 e. The van der Waals surface area contributed by atoms with E-state index in [1.165, 1.54) is 11.1 Å². The number of likely N-dealkylation sites (tertiary alicyclic amines) is 1. The molecule has 2 aromatic heterocycles. The van der Waals surface area contributed by atoms with E-state index in [0.717, 1.165) is 54.0 Å². The minimum Gasteiger partial charge on any atom is -0.478 e. The first-order valence-corrected chi connectivity index (χ1v) is 10.7. The third-order valence-electron chi connectivity index (χ3n) is 7.18. The number of rotatable bonds is 1. The molecule has 1 fully saturated rings. The molecular formula is C24H24FN3O2. The Morgan fingerprint density at radius 1 is 1.20 bits per heavy atom. The Hall–Kier alpha value is -2.89. The van der Waals surface area contributed by atoms with Gasteiger partial charge in [0.2, 0.25) is 0 Å². The van der Waals surface area contributed by atoms with Gasteiger partial charge in [-0.25, -0.2) is 9.37 Å². The number of halogens is 1. The highest BCUT2D eigenvalue weighted by molar-refractivity contribution is 5.97. The van der Waals surface area contributed by atoms with E-state index in [2.05, 4.69) is 24.3 Å². The van der Waals surface area contributed by atoms with Crippen LogP contribution in [0, 0.1) is 13.8 Å². The molecule has 3 aliphatic rings. The number of aryl methyl sites for hydroxylation is 3. The summed E-state index contributed by atoms with van der Waals surface area (Å²) >= 11 is 0. The van der Waals surface area contributed by atoms with Crippen LogP contribution in [-0.4, -0.2) is 39.5 Å². The van der Waals surface area contributed by atoms with Crippen LogP contribution in [0.3, 0.4) is 0 Å². The first-order chi connectivity index (χ1) is 14.5. The molecule has 1 amide bonds. The van der Waals surface area contributed by atoms with Gasteiger partial charge in [0.1, 0.15) is 11.8 Å². The Balaban J connectivity index is 1.52. The van der Waals surface area contributed by atoms with Gasteiger partial charge >= 0.3 is 0 Å². The van der Waals surface area contributed by atoms with Crippen molar-refractivity contribution in [3.05, 3.63) is 64.1 Å². The zero-order chi connectivity index (χ0) is 20.6. The lowest BCUT2D eigenvalue weighted by Gasteiger charge is -2.39. The van der Waals surface area contributed by atoms with E-state index in [9.17, 15) is 9.18 Å². The van der Waals surface area contributed by atoms with Crippen molar-refractivity contribution in [3.63, 3.8) is 0 Å². The first kappa shape index (κ1) is 17.9. The third kappa shape index (κ3) is 2.33. The van der Waals surface area contributed by atoms with Crippen LogP contribution in [0.25, 0.3) is 5.65 Å². The minimum absolute atomic E-state index is 0.112. The quantitative estimate of drug-likeness (QED) is 0.617. The molecule has 1 unspecified atom stereocenters. The van der Waals surface area contributed by atoms with Gasteiger partial charge in [0.05, 0.1) is 24.3 Å². The highest BCUT2D eigenvalue weighted by Crippen LogP contribution is 2.49. The SMILES string of the molecule is Cc1nc2c3c(c(C(=O)N4CC(F)C4)cn2c1C)CCC1(CCc2ccccc21)O3. The fourth-order valence-corrected chi connectivity index (χ4v) is 5.30. The molecule has 1 aromatic carbocycles. The van der Waals surface area contributed by atoms with Crippen LogP contribution in [0.1, 0.15) is 51.3 Å². The second-order valence-electron chi connectivity index (χ2n) is 8.89. The molecule has 5 nitrogen and oxygen atoms in total. The molecule has 0 bridgehead atoms. The van der Waals surface area contributed by atoms with Crippen molar-refractivity contribution in [2.24, 2.45) is 0 Å². The normalized spacial score (nSPS) is 22.7. The molecule has 30 heavy (non-hydrogen) atoms.